The zero-order chi connectivity index (χ0) is 13.7. The van der Waals surface area contributed by atoms with Crippen LogP contribution in [0.3, 0.4) is 0 Å². The maximum Gasteiger partial charge on any atom is 0.252 e. The molecule has 0 bridgehead atoms. The molecule has 0 aliphatic rings. The second-order valence-corrected chi connectivity index (χ2v) is 4.60. The SMILES string of the molecule is O=C(NCCc1ccccc1F)c1ccccc1S. The first kappa shape index (κ1) is 13.6. The van der Waals surface area contributed by atoms with E-state index in [1.54, 1.807) is 36.4 Å². The first-order valence-electron chi connectivity index (χ1n) is 5.98. The molecule has 0 unspecified atom stereocenters. The smallest absolute Gasteiger partial charge is 0.252 e. The van der Waals surface area contributed by atoms with Crippen molar-refractivity contribution in [2.24, 2.45) is 0 Å². The number of carbonyl (C=O) groups excluding carboxylic acids is 1. The second kappa shape index (κ2) is 6.38. The molecule has 0 aliphatic heterocycles. The highest BCUT2D eigenvalue weighted by Crippen LogP contribution is 2.12. The summed E-state index contributed by atoms with van der Waals surface area (Å²) < 4.78 is 13.4. The van der Waals surface area contributed by atoms with Gasteiger partial charge in [0.05, 0.1) is 5.56 Å². The summed E-state index contributed by atoms with van der Waals surface area (Å²) in [5, 5.41) is 2.76. The summed E-state index contributed by atoms with van der Waals surface area (Å²) in [6.45, 7) is 0.391. The van der Waals surface area contributed by atoms with Gasteiger partial charge < -0.3 is 5.32 Å². The fourth-order valence-corrected chi connectivity index (χ4v) is 2.03. The number of halogens is 1. The molecule has 19 heavy (non-hydrogen) atoms. The van der Waals surface area contributed by atoms with Crippen LogP contribution in [0, 0.1) is 5.82 Å². The quantitative estimate of drug-likeness (QED) is 0.825. The number of benzene rings is 2. The molecule has 2 aromatic rings. The number of carbonyl (C=O) groups is 1. The van der Waals surface area contributed by atoms with Crippen LogP contribution < -0.4 is 5.32 Å². The van der Waals surface area contributed by atoms with Crippen molar-refractivity contribution in [3.05, 3.63) is 65.5 Å². The summed E-state index contributed by atoms with van der Waals surface area (Å²) in [6, 6.07) is 13.6. The number of hydrogen-bond donors (Lipinski definition) is 2. The van der Waals surface area contributed by atoms with Gasteiger partial charge in [-0.3, -0.25) is 4.79 Å². The lowest BCUT2D eigenvalue weighted by Crippen LogP contribution is -2.26. The molecule has 2 rings (SSSR count). The Labute approximate surface area is 117 Å². The molecule has 0 atom stereocenters. The molecule has 0 radical (unpaired) electrons. The van der Waals surface area contributed by atoms with Crippen molar-refractivity contribution in [3.63, 3.8) is 0 Å². The Morgan fingerprint density at radius 3 is 2.53 bits per heavy atom. The van der Waals surface area contributed by atoms with Crippen molar-refractivity contribution in [2.75, 3.05) is 6.54 Å². The summed E-state index contributed by atoms with van der Waals surface area (Å²) in [5.41, 5.74) is 1.13. The van der Waals surface area contributed by atoms with Crippen LogP contribution in [-0.4, -0.2) is 12.5 Å². The Balaban J connectivity index is 1.92. The van der Waals surface area contributed by atoms with Crippen LogP contribution >= 0.6 is 12.6 Å². The van der Waals surface area contributed by atoms with Gasteiger partial charge in [0.2, 0.25) is 0 Å². The molecule has 2 aromatic carbocycles. The molecular formula is C15H14FNOS. The highest BCUT2D eigenvalue weighted by Gasteiger charge is 2.08. The van der Waals surface area contributed by atoms with E-state index in [9.17, 15) is 9.18 Å². The number of nitrogens with one attached hydrogen (secondary N) is 1. The number of hydrogen-bond acceptors (Lipinski definition) is 2. The Kier molecular flexibility index (Phi) is 4.58. The van der Waals surface area contributed by atoms with Crippen LogP contribution in [0.5, 0.6) is 0 Å². The van der Waals surface area contributed by atoms with E-state index < -0.39 is 0 Å². The average molecular weight is 275 g/mol. The second-order valence-electron chi connectivity index (χ2n) is 4.11. The van der Waals surface area contributed by atoms with E-state index in [2.05, 4.69) is 17.9 Å². The summed E-state index contributed by atoms with van der Waals surface area (Å²) in [4.78, 5) is 12.5. The molecule has 4 heteroatoms. The molecule has 0 fully saturated rings. The Morgan fingerprint density at radius 2 is 1.79 bits per heavy atom. The van der Waals surface area contributed by atoms with Crippen LogP contribution in [0.25, 0.3) is 0 Å². The lowest BCUT2D eigenvalue weighted by Gasteiger charge is -2.07. The van der Waals surface area contributed by atoms with Crippen LogP contribution in [-0.2, 0) is 6.42 Å². The average Bonchev–Trinajstić information content (AvgIpc) is 2.41. The van der Waals surface area contributed by atoms with Gasteiger partial charge >= 0.3 is 0 Å². The molecule has 1 N–H and O–H groups in total. The van der Waals surface area contributed by atoms with Gasteiger partial charge in [0.15, 0.2) is 0 Å². The van der Waals surface area contributed by atoms with E-state index in [0.717, 1.165) is 0 Å². The first-order valence-corrected chi connectivity index (χ1v) is 6.43. The van der Waals surface area contributed by atoms with Crippen molar-refractivity contribution in [1.29, 1.82) is 0 Å². The van der Waals surface area contributed by atoms with Gasteiger partial charge in [0.25, 0.3) is 5.91 Å². The molecule has 0 aliphatic carbocycles. The Bertz CT molecular complexity index is 586. The van der Waals surface area contributed by atoms with Gasteiger partial charge in [-0.15, -0.1) is 12.6 Å². The van der Waals surface area contributed by atoms with Gasteiger partial charge in [-0.25, -0.2) is 4.39 Å². The summed E-state index contributed by atoms with van der Waals surface area (Å²) in [7, 11) is 0. The fraction of sp³-hybridized carbons (Fsp3) is 0.133. The summed E-state index contributed by atoms with van der Waals surface area (Å²) in [5.74, 6) is -0.437. The van der Waals surface area contributed by atoms with E-state index in [0.29, 0.717) is 29.0 Å². The Morgan fingerprint density at radius 1 is 1.11 bits per heavy atom. The molecule has 0 saturated carbocycles. The fourth-order valence-electron chi connectivity index (χ4n) is 1.77. The third-order valence-corrected chi connectivity index (χ3v) is 3.18. The van der Waals surface area contributed by atoms with Gasteiger partial charge in [-0.1, -0.05) is 30.3 Å². The predicted molar refractivity (Wildman–Crippen MR) is 76.1 cm³/mol. The van der Waals surface area contributed by atoms with Crippen molar-refractivity contribution < 1.29 is 9.18 Å². The molecule has 0 heterocycles. The van der Waals surface area contributed by atoms with E-state index >= 15 is 0 Å². The maximum atomic E-state index is 13.4. The maximum absolute atomic E-state index is 13.4. The largest absolute Gasteiger partial charge is 0.352 e. The highest BCUT2D eigenvalue weighted by molar-refractivity contribution is 7.80. The van der Waals surface area contributed by atoms with Gasteiger partial charge in [-0.05, 0) is 30.2 Å². The lowest BCUT2D eigenvalue weighted by molar-refractivity contribution is 0.0951. The zero-order valence-corrected chi connectivity index (χ0v) is 11.2. The van der Waals surface area contributed by atoms with Crippen molar-refractivity contribution in [2.45, 2.75) is 11.3 Å². The van der Waals surface area contributed by atoms with Crippen LogP contribution in [0.15, 0.2) is 53.4 Å². The minimum Gasteiger partial charge on any atom is -0.352 e. The molecule has 0 spiro atoms. The molecule has 1 amide bonds. The third-order valence-electron chi connectivity index (χ3n) is 2.79. The molecular weight excluding hydrogens is 261 g/mol. The van der Waals surface area contributed by atoms with Crippen molar-refractivity contribution in [1.82, 2.24) is 5.32 Å². The molecule has 2 nitrogen and oxygen atoms in total. The minimum absolute atomic E-state index is 0.193. The molecule has 0 aromatic heterocycles. The van der Waals surface area contributed by atoms with Gasteiger partial charge in [0, 0.05) is 11.4 Å². The zero-order valence-electron chi connectivity index (χ0n) is 10.3. The lowest BCUT2D eigenvalue weighted by atomic mass is 10.1. The standard InChI is InChI=1S/C15H14FNOS/c16-13-7-3-1-5-11(13)9-10-17-15(18)12-6-2-4-8-14(12)19/h1-8,19H,9-10H2,(H,17,18). The topological polar surface area (TPSA) is 29.1 Å². The van der Waals surface area contributed by atoms with E-state index in [1.165, 1.54) is 6.07 Å². The Hall–Kier alpha value is -1.81. The van der Waals surface area contributed by atoms with Crippen LogP contribution in [0.1, 0.15) is 15.9 Å². The van der Waals surface area contributed by atoms with Crippen LogP contribution in [0.2, 0.25) is 0 Å². The number of rotatable bonds is 4. The van der Waals surface area contributed by atoms with Crippen LogP contribution in [0.4, 0.5) is 4.39 Å². The minimum atomic E-state index is -0.244. The number of amides is 1. The highest BCUT2D eigenvalue weighted by atomic mass is 32.1. The van der Waals surface area contributed by atoms with E-state index in [4.69, 9.17) is 0 Å². The van der Waals surface area contributed by atoms with Gasteiger partial charge in [-0.2, -0.15) is 0 Å². The third kappa shape index (κ3) is 3.58. The molecule has 0 saturated heterocycles. The van der Waals surface area contributed by atoms with Gasteiger partial charge in [0.1, 0.15) is 5.82 Å². The van der Waals surface area contributed by atoms with Crippen molar-refractivity contribution in [3.8, 4) is 0 Å². The first-order chi connectivity index (χ1) is 9.18. The van der Waals surface area contributed by atoms with E-state index in [1.807, 2.05) is 6.07 Å². The summed E-state index contributed by atoms with van der Waals surface area (Å²) in [6.07, 6.45) is 0.465. The van der Waals surface area contributed by atoms with E-state index in [-0.39, 0.29) is 11.7 Å². The number of thiol groups is 1. The molecule has 98 valence electrons. The monoisotopic (exact) mass is 275 g/mol. The normalized spacial score (nSPS) is 10.2. The van der Waals surface area contributed by atoms with Crippen molar-refractivity contribution >= 4 is 18.5 Å². The summed E-state index contributed by atoms with van der Waals surface area (Å²) >= 11 is 4.22. The predicted octanol–water partition coefficient (Wildman–Crippen LogP) is 3.09.